The van der Waals surface area contributed by atoms with Crippen LogP contribution in [0.1, 0.15) is 51.0 Å². The highest BCUT2D eigenvalue weighted by Gasteiger charge is 2.33. The molecular formula is C21H18N4O2S. The van der Waals surface area contributed by atoms with Crippen LogP contribution in [0.3, 0.4) is 0 Å². The van der Waals surface area contributed by atoms with E-state index in [2.05, 4.69) is 25.1 Å². The lowest BCUT2D eigenvalue weighted by Crippen LogP contribution is -2.15. The summed E-state index contributed by atoms with van der Waals surface area (Å²) < 4.78 is 5.61. The molecule has 2 aromatic heterocycles. The number of aromatic nitrogens is 1. The van der Waals surface area contributed by atoms with Crippen molar-refractivity contribution in [3.05, 3.63) is 62.9 Å². The first kappa shape index (κ1) is 18.1. The summed E-state index contributed by atoms with van der Waals surface area (Å²) in [6.07, 6.45) is 0.0361. The average molecular weight is 390 g/mol. The van der Waals surface area contributed by atoms with Crippen LogP contribution in [-0.2, 0) is 4.79 Å². The van der Waals surface area contributed by atoms with Gasteiger partial charge in [0.2, 0.25) is 5.91 Å². The van der Waals surface area contributed by atoms with Gasteiger partial charge in [-0.25, -0.2) is 0 Å². The molecule has 1 amide bonds. The first-order chi connectivity index (χ1) is 13.4. The zero-order chi connectivity index (χ0) is 20.0. The number of amides is 1. The van der Waals surface area contributed by atoms with Crippen molar-refractivity contribution in [2.24, 2.45) is 10.7 Å². The van der Waals surface area contributed by atoms with E-state index in [4.69, 9.17) is 20.5 Å². The number of primary amides is 1. The summed E-state index contributed by atoms with van der Waals surface area (Å²) in [6, 6.07) is 8.89. The Balaban J connectivity index is 2.02. The Morgan fingerprint density at radius 3 is 2.61 bits per heavy atom. The minimum absolute atomic E-state index is 0.0361. The zero-order valence-electron chi connectivity index (χ0n) is 15.7. The fourth-order valence-corrected chi connectivity index (χ4v) is 4.77. The Kier molecular flexibility index (Phi) is 4.36. The minimum Gasteiger partial charge on any atom is -0.370 e. The highest BCUT2D eigenvalue weighted by atomic mass is 32.1. The third kappa shape index (κ3) is 2.83. The molecule has 7 heteroatoms. The van der Waals surface area contributed by atoms with Crippen LogP contribution in [0.4, 0.5) is 0 Å². The molecular weight excluding hydrogens is 372 g/mol. The normalized spacial score (nSPS) is 15.2. The topological polar surface area (TPSA) is 105 Å². The summed E-state index contributed by atoms with van der Waals surface area (Å²) in [5, 5.41) is 13.2. The second kappa shape index (κ2) is 6.73. The van der Waals surface area contributed by atoms with E-state index < -0.39 is 11.9 Å². The number of aliphatic imine (C=N–C) groups is 1. The van der Waals surface area contributed by atoms with Crippen molar-refractivity contribution in [3.63, 3.8) is 0 Å². The maximum atomic E-state index is 11.7. The molecule has 0 saturated carbocycles. The SMILES string of the molecule is Cc1noc2c1-c1sc(C)c(C)c1C(c1ccc(C#N)cc1)=N[C@H]2CC(N)=O. The van der Waals surface area contributed by atoms with E-state index in [1.165, 1.54) is 4.88 Å². The molecule has 0 fully saturated rings. The number of rotatable bonds is 3. The van der Waals surface area contributed by atoms with Gasteiger partial charge in [-0.05, 0) is 38.5 Å². The molecule has 0 spiro atoms. The molecule has 28 heavy (non-hydrogen) atoms. The number of fused-ring (bicyclic) bond motifs is 3. The molecule has 1 aromatic carbocycles. The number of hydrogen-bond donors (Lipinski definition) is 1. The Morgan fingerprint density at radius 1 is 1.25 bits per heavy atom. The van der Waals surface area contributed by atoms with Crippen molar-refractivity contribution in [3.8, 4) is 16.5 Å². The molecule has 0 saturated heterocycles. The van der Waals surface area contributed by atoms with Crippen molar-refractivity contribution in [2.75, 3.05) is 0 Å². The summed E-state index contributed by atoms with van der Waals surface area (Å²) in [4.78, 5) is 18.9. The van der Waals surface area contributed by atoms with Crippen LogP contribution in [0.15, 0.2) is 33.8 Å². The predicted molar refractivity (Wildman–Crippen MR) is 107 cm³/mol. The van der Waals surface area contributed by atoms with Crippen molar-refractivity contribution in [2.45, 2.75) is 33.2 Å². The summed E-state index contributed by atoms with van der Waals surface area (Å²) >= 11 is 1.67. The molecule has 6 nitrogen and oxygen atoms in total. The molecule has 3 aromatic rings. The van der Waals surface area contributed by atoms with E-state index in [0.29, 0.717) is 11.3 Å². The van der Waals surface area contributed by atoms with Gasteiger partial charge >= 0.3 is 0 Å². The molecule has 0 unspecified atom stereocenters. The minimum atomic E-state index is -0.543. The van der Waals surface area contributed by atoms with Crippen LogP contribution < -0.4 is 5.73 Å². The molecule has 2 N–H and O–H groups in total. The largest absolute Gasteiger partial charge is 0.370 e. The molecule has 0 radical (unpaired) electrons. The Bertz CT molecular complexity index is 1160. The Labute approximate surface area is 166 Å². The van der Waals surface area contributed by atoms with E-state index in [1.54, 1.807) is 23.5 Å². The molecule has 0 bridgehead atoms. The van der Waals surface area contributed by atoms with Crippen molar-refractivity contribution >= 4 is 23.0 Å². The lowest BCUT2D eigenvalue weighted by atomic mass is 9.96. The summed E-state index contributed by atoms with van der Waals surface area (Å²) in [5.74, 6) is 0.119. The average Bonchev–Trinajstić information content (AvgIpc) is 3.14. The van der Waals surface area contributed by atoms with Gasteiger partial charge in [0.05, 0.1) is 35.0 Å². The molecule has 1 aliphatic heterocycles. The molecule has 1 aliphatic rings. The number of hydrogen-bond acceptors (Lipinski definition) is 6. The third-order valence-electron chi connectivity index (χ3n) is 5.01. The first-order valence-electron chi connectivity index (χ1n) is 8.84. The lowest BCUT2D eigenvalue weighted by Gasteiger charge is -2.11. The van der Waals surface area contributed by atoms with Crippen molar-refractivity contribution in [1.29, 1.82) is 5.26 Å². The fourth-order valence-electron chi connectivity index (χ4n) is 3.51. The van der Waals surface area contributed by atoms with Crippen LogP contribution in [0.5, 0.6) is 0 Å². The van der Waals surface area contributed by atoms with Crippen LogP contribution in [0.25, 0.3) is 10.4 Å². The number of aryl methyl sites for hydroxylation is 2. The van der Waals surface area contributed by atoms with E-state index in [0.717, 1.165) is 38.5 Å². The van der Waals surface area contributed by atoms with E-state index in [9.17, 15) is 4.79 Å². The maximum absolute atomic E-state index is 11.7. The summed E-state index contributed by atoms with van der Waals surface area (Å²) in [5.41, 5.74) is 11.5. The smallest absolute Gasteiger partial charge is 0.220 e. The van der Waals surface area contributed by atoms with Gasteiger partial charge in [-0.3, -0.25) is 9.79 Å². The molecule has 0 aliphatic carbocycles. The fraction of sp³-hybridized carbons (Fsp3) is 0.238. The highest BCUT2D eigenvalue weighted by molar-refractivity contribution is 7.16. The van der Waals surface area contributed by atoms with E-state index in [1.807, 2.05) is 19.1 Å². The molecule has 140 valence electrons. The van der Waals surface area contributed by atoms with E-state index in [-0.39, 0.29) is 6.42 Å². The van der Waals surface area contributed by atoms with Crippen LogP contribution >= 0.6 is 11.3 Å². The van der Waals surface area contributed by atoms with Gasteiger partial charge in [-0.15, -0.1) is 11.3 Å². The van der Waals surface area contributed by atoms with Gasteiger partial charge < -0.3 is 10.3 Å². The van der Waals surface area contributed by atoms with E-state index >= 15 is 0 Å². The monoisotopic (exact) mass is 390 g/mol. The standard InChI is InChI=1S/C21H18N4O2S/c1-10-12(3)28-21-17(10)19(14-6-4-13(9-22)5-7-14)24-15(8-16(23)26)20-18(21)11(2)25-27-20/h4-7,15H,8H2,1-3H3,(H2,23,26)/t15-/m0/s1. The van der Waals surface area contributed by atoms with Crippen molar-refractivity contribution < 1.29 is 9.32 Å². The molecule has 1 atom stereocenters. The van der Waals surface area contributed by atoms with Gasteiger partial charge in [0.15, 0.2) is 5.76 Å². The zero-order valence-corrected chi connectivity index (χ0v) is 16.6. The van der Waals surface area contributed by atoms with Crippen molar-refractivity contribution in [1.82, 2.24) is 5.16 Å². The van der Waals surface area contributed by atoms with Gasteiger partial charge in [0.25, 0.3) is 0 Å². The predicted octanol–water partition coefficient (Wildman–Crippen LogP) is 3.97. The number of thiophene rings is 1. The second-order valence-corrected chi connectivity index (χ2v) is 8.07. The van der Waals surface area contributed by atoms with Gasteiger partial charge in [-0.2, -0.15) is 5.26 Å². The number of carbonyl (C=O) groups is 1. The van der Waals surface area contributed by atoms with Crippen LogP contribution in [-0.4, -0.2) is 16.8 Å². The van der Waals surface area contributed by atoms with Crippen LogP contribution in [0.2, 0.25) is 0 Å². The maximum Gasteiger partial charge on any atom is 0.220 e. The molecule has 4 rings (SSSR count). The third-order valence-corrected chi connectivity index (χ3v) is 6.23. The second-order valence-electron chi connectivity index (χ2n) is 6.85. The first-order valence-corrected chi connectivity index (χ1v) is 9.66. The van der Waals surface area contributed by atoms with Gasteiger partial charge in [0, 0.05) is 20.9 Å². The van der Waals surface area contributed by atoms with Crippen LogP contribution in [0, 0.1) is 32.1 Å². The van der Waals surface area contributed by atoms with Gasteiger partial charge in [-0.1, -0.05) is 17.3 Å². The lowest BCUT2D eigenvalue weighted by molar-refractivity contribution is -0.118. The Hall–Kier alpha value is -3.24. The summed E-state index contributed by atoms with van der Waals surface area (Å²) in [7, 11) is 0. The Morgan fingerprint density at radius 2 is 1.96 bits per heavy atom. The summed E-state index contributed by atoms with van der Waals surface area (Å²) in [6.45, 7) is 6.04. The number of nitrogens with two attached hydrogens (primary N) is 1. The number of carbonyl (C=O) groups excluding carboxylic acids is 1. The highest BCUT2D eigenvalue weighted by Crippen LogP contribution is 2.46. The number of benzene rings is 1. The van der Waals surface area contributed by atoms with Gasteiger partial charge in [0.1, 0.15) is 6.04 Å². The number of nitriles is 1. The number of nitrogens with zero attached hydrogens (tertiary/aromatic N) is 3. The quantitative estimate of drug-likeness (QED) is 0.730. The molecule has 3 heterocycles.